The van der Waals surface area contributed by atoms with Crippen LogP contribution >= 0.6 is 0 Å². The molecule has 0 bridgehead atoms. The van der Waals surface area contributed by atoms with E-state index in [4.69, 9.17) is 14.2 Å². The van der Waals surface area contributed by atoms with Gasteiger partial charge in [-0.05, 0) is 37.3 Å². The second-order valence-corrected chi connectivity index (χ2v) is 6.73. The molecule has 1 N–H and O–H groups in total. The molecular weight excluding hydrogens is 400 g/mol. The maximum Gasteiger partial charge on any atom is 0.249 e. The van der Waals surface area contributed by atoms with Gasteiger partial charge in [0.15, 0.2) is 29.0 Å². The van der Waals surface area contributed by atoms with Gasteiger partial charge in [-0.25, -0.2) is 0 Å². The minimum atomic E-state index is -1.53. The number of Topliss-reactive ketones (excluding diaryl/α,β-unsaturated/α-hetero) is 2. The summed E-state index contributed by atoms with van der Waals surface area (Å²) in [5.41, 5.74) is 0.746. The van der Waals surface area contributed by atoms with Crippen LogP contribution in [0.2, 0.25) is 0 Å². The summed E-state index contributed by atoms with van der Waals surface area (Å²) in [7, 11) is 0. The van der Waals surface area contributed by atoms with Gasteiger partial charge < -0.3 is 19.5 Å². The Bertz CT molecular complexity index is 1030. The highest BCUT2D eigenvalue weighted by Gasteiger charge is 2.27. The number of nitrogens with zero attached hydrogens (tertiary/aromatic N) is 1. The lowest BCUT2D eigenvalue weighted by Gasteiger charge is -2.18. The molecule has 8 heteroatoms. The number of para-hydroxylation sites is 2. The highest BCUT2D eigenvalue weighted by atomic mass is 16.6. The second kappa shape index (κ2) is 10.3. The van der Waals surface area contributed by atoms with Gasteiger partial charge in [0.2, 0.25) is 5.91 Å². The molecule has 1 aliphatic rings. The fourth-order valence-electron chi connectivity index (χ4n) is 3.08. The Balaban J connectivity index is 1.60. The fraction of sp³-hybridized carbons (Fsp3) is 0.304. The molecule has 1 atom stereocenters. The third-order valence-corrected chi connectivity index (χ3v) is 4.62. The van der Waals surface area contributed by atoms with Crippen molar-refractivity contribution in [2.45, 2.75) is 19.8 Å². The predicted octanol–water partition coefficient (Wildman–Crippen LogP) is 3.17. The van der Waals surface area contributed by atoms with Crippen LogP contribution in [0.5, 0.6) is 17.2 Å². The fourth-order valence-corrected chi connectivity index (χ4v) is 3.08. The van der Waals surface area contributed by atoms with Gasteiger partial charge in [0, 0.05) is 18.4 Å². The number of fused-ring (bicyclic) bond motifs is 1. The lowest BCUT2D eigenvalue weighted by molar-refractivity contribution is -0.128. The number of benzene rings is 2. The number of hydrogen-bond donors (Lipinski definition) is 1. The Hall–Kier alpha value is -3.86. The predicted molar refractivity (Wildman–Crippen MR) is 111 cm³/mol. The molecule has 2 aromatic carbocycles. The van der Waals surface area contributed by atoms with E-state index < -0.39 is 17.6 Å². The van der Waals surface area contributed by atoms with Gasteiger partial charge >= 0.3 is 0 Å². The quantitative estimate of drug-likeness (QED) is 0.487. The van der Waals surface area contributed by atoms with Crippen molar-refractivity contribution < 1.29 is 28.6 Å². The molecule has 0 saturated heterocycles. The van der Waals surface area contributed by atoms with Crippen molar-refractivity contribution in [3.05, 3.63) is 48.0 Å². The van der Waals surface area contributed by atoms with Crippen LogP contribution in [0.4, 0.5) is 5.69 Å². The average Bonchev–Trinajstić information content (AvgIpc) is 2.79. The van der Waals surface area contributed by atoms with E-state index in [9.17, 15) is 19.6 Å². The number of ketones is 2. The van der Waals surface area contributed by atoms with E-state index in [0.29, 0.717) is 48.3 Å². The Labute approximate surface area is 179 Å². The van der Waals surface area contributed by atoms with Gasteiger partial charge in [0.25, 0.3) is 0 Å². The van der Waals surface area contributed by atoms with E-state index in [1.807, 2.05) is 0 Å². The number of amides is 1. The van der Waals surface area contributed by atoms with Gasteiger partial charge in [-0.15, -0.1) is 0 Å². The Morgan fingerprint density at radius 2 is 1.84 bits per heavy atom. The molecule has 0 saturated carbocycles. The molecular formula is C23H22N2O6. The monoisotopic (exact) mass is 422 g/mol. The number of anilines is 1. The third-order valence-electron chi connectivity index (χ3n) is 4.62. The lowest BCUT2D eigenvalue weighted by atomic mass is 9.97. The van der Waals surface area contributed by atoms with Crippen LogP contribution in [0.15, 0.2) is 42.5 Å². The average molecular weight is 422 g/mol. The highest BCUT2D eigenvalue weighted by Crippen LogP contribution is 2.31. The summed E-state index contributed by atoms with van der Waals surface area (Å²) in [6.45, 7) is 3.05. The first kappa shape index (κ1) is 21.8. The first-order chi connectivity index (χ1) is 15.0. The van der Waals surface area contributed by atoms with Crippen LogP contribution in [0.3, 0.4) is 0 Å². The topological polar surface area (TPSA) is 115 Å². The van der Waals surface area contributed by atoms with E-state index >= 15 is 0 Å². The Morgan fingerprint density at radius 1 is 1.10 bits per heavy atom. The van der Waals surface area contributed by atoms with Crippen LogP contribution in [0.1, 0.15) is 30.1 Å². The summed E-state index contributed by atoms with van der Waals surface area (Å²) in [6.07, 6.45) is -0.356. The van der Waals surface area contributed by atoms with Crippen molar-refractivity contribution in [3.63, 3.8) is 0 Å². The number of hydrogen-bond acceptors (Lipinski definition) is 7. The summed E-state index contributed by atoms with van der Waals surface area (Å²) < 4.78 is 16.3. The highest BCUT2D eigenvalue weighted by molar-refractivity contribution is 6.10. The largest absolute Gasteiger partial charge is 0.492 e. The molecule has 8 nitrogen and oxygen atoms in total. The molecule has 160 valence electrons. The molecule has 0 spiro atoms. The minimum absolute atomic E-state index is 0.126. The number of ether oxygens (including phenoxy) is 3. The van der Waals surface area contributed by atoms with Crippen LogP contribution in [-0.2, 0) is 9.59 Å². The van der Waals surface area contributed by atoms with Crippen LogP contribution < -0.4 is 19.5 Å². The zero-order valence-electron chi connectivity index (χ0n) is 17.1. The molecule has 0 radical (unpaired) electrons. The normalized spacial score (nSPS) is 12.9. The Kier molecular flexibility index (Phi) is 7.22. The van der Waals surface area contributed by atoms with Crippen molar-refractivity contribution in [2.75, 3.05) is 25.1 Å². The molecule has 1 amide bonds. The van der Waals surface area contributed by atoms with Crippen LogP contribution in [0.25, 0.3) is 0 Å². The van der Waals surface area contributed by atoms with Crippen molar-refractivity contribution in [2.24, 2.45) is 5.92 Å². The number of nitrogens with one attached hydrogen (secondary N) is 1. The van der Waals surface area contributed by atoms with Crippen LogP contribution in [0, 0.1) is 17.2 Å². The smallest absolute Gasteiger partial charge is 0.249 e. The van der Waals surface area contributed by atoms with Gasteiger partial charge in [0.05, 0.1) is 18.4 Å². The van der Waals surface area contributed by atoms with Crippen molar-refractivity contribution in [3.8, 4) is 23.3 Å². The van der Waals surface area contributed by atoms with Crippen molar-refractivity contribution in [1.82, 2.24) is 0 Å². The summed E-state index contributed by atoms with van der Waals surface area (Å²) in [5, 5.41) is 11.9. The Morgan fingerprint density at radius 3 is 2.58 bits per heavy atom. The molecule has 0 fully saturated rings. The summed E-state index contributed by atoms with van der Waals surface area (Å²) >= 11 is 0. The zero-order chi connectivity index (χ0) is 22.2. The van der Waals surface area contributed by atoms with Gasteiger partial charge in [0.1, 0.15) is 19.0 Å². The van der Waals surface area contributed by atoms with Gasteiger partial charge in [-0.3, -0.25) is 14.4 Å². The first-order valence-electron chi connectivity index (χ1n) is 9.91. The third kappa shape index (κ3) is 5.39. The van der Waals surface area contributed by atoms with E-state index in [1.165, 1.54) is 0 Å². The first-order valence-corrected chi connectivity index (χ1v) is 9.91. The standard InChI is InChI=1S/C23H22N2O6/c1-2-29-20-6-4-3-5-17(20)25-23(28)16(14-24)19(27)9-8-18(26)15-7-10-21-22(13-15)31-12-11-30-21/h3-7,10,13,16H,2,8-9,11-12H2,1H3,(H,25,28). The molecule has 0 aliphatic carbocycles. The number of rotatable bonds is 9. The van der Waals surface area contributed by atoms with E-state index in [2.05, 4.69) is 5.32 Å². The van der Waals surface area contributed by atoms with Gasteiger partial charge in [-0.1, -0.05) is 12.1 Å². The molecule has 3 rings (SSSR count). The van der Waals surface area contributed by atoms with E-state index in [-0.39, 0.29) is 18.6 Å². The number of nitriles is 1. The molecule has 1 heterocycles. The molecule has 1 unspecified atom stereocenters. The summed E-state index contributed by atoms with van der Waals surface area (Å²) in [5.74, 6) is -1.72. The SMILES string of the molecule is CCOc1ccccc1NC(=O)C(C#N)C(=O)CCC(=O)c1ccc2c(c1)OCCO2. The summed E-state index contributed by atoms with van der Waals surface area (Å²) in [6, 6.07) is 13.3. The van der Waals surface area contributed by atoms with Crippen LogP contribution in [-0.4, -0.2) is 37.3 Å². The molecule has 0 aromatic heterocycles. The second-order valence-electron chi connectivity index (χ2n) is 6.73. The molecule has 1 aliphatic heterocycles. The summed E-state index contributed by atoms with van der Waals surface area (Å²) in [4.78, 5) is 37.4. The number of carbonyl (C=O) groups is 3. The van der Waals surface area contributed by atoms with E-state index in [0.717, 1.165) is 0 Å². The zero-order valence-corrected chi connectivity index (χ0v) is 17.1. The maximum atomic E-state index is 12.5. The molecule has 2 aromatic rings. The minimum Gasteiger partial charge on any atom is -0.492 e. The molecule has 31 heavy (non-hydrogen) atoms. The van der Waals surface area contributed by atoms with Crippen molar-refractivity contribution >= 4 is 23.2 Å². The lowest BCUT2D eigenvalue weighted by Crippen LogP contribution is -2.29. The van der Waals surface area contributed by atoms with Crippen molar-refractivity contribution in [1.29, 1.82) is 5.26 Å². The number of carbonyl (C=O) groups excluding carboxylic acids is 3. The van der Waals surface area contributed by atoms with Gasteiger partial charge in [-0.2, -0.15) is 5.26 Å². The maximum absolute atomic E-state index is 12.5. The van der Waals surface area contributed by atoms with E-state index in [1.54, 1.807) is 55.5 Å².